The van der Waals surface area contributed by atoms with E-state index in [1.165, 1.54) is 37.4 Å². The Morgan fingerprint density at radius 1 is 1.36 bits per heavy atom. The Hall–Kier alpha value is -2.68. The lowest BCUT2D eigenvalue weighted by Crippen LogP contribution is -2.23. The number of H-pyrrole nitrogens is 1. The molecule has 0 aliphatic carbocycles. The standard InChI is InChI=1S/C16H16FN3O4S/c1-9(15(23)18-11-5-3-10(17)4-6-11)25-16-19-12(7-13(21)20-16)8-14(22)24-2/h3-7,9H,8H2,1-2H3,(H,18,23)(H,19,20,21). The summed E-state index contributed by atoms with van der Waals surface area (Å²) in [6, 6.07) is 6.57. The molecule has 1 heterocycles. The lowest BCUT2D eigenvalue weighted by atomic mass is 10.3. The molecule has 0 spiro atoms. The molecule has 1 unspecified atom stereocenters. The van der Waals surface area contributed by atoms with Gasteiger partial charge in [-0.1, -0.05) is 11.8 Å². The number of thioether (sulfide) groups is 1. The molecule has 0 saturated carbocycles. The zero-order valence-corrected chi connectivity index (χ0v) is 14.4. The molecule has 7 nitrogen and oxygen atoms in total. The summed E-state index contributed by atoms with van der Waals surface area (Å²) in [7, 11) is 1.24. The summed E-state index contributed by atoms with van der Waals surface area (Å²) in [6.45, 7) is 1.64. The molecule has 25 heavy (non-hydrogen) atoms. The number of anilines is 1. The van der Waals surface area contributed by atoms with Crippen LogP contribution in [0.3, 0.4) is 0 Å². The van der Waals surface area contributed by atoms with Crippen molar-refractivity contribution in [3.05, 3.63) is 52.2 Å². The van der Waals surface area contributed by atoms with Gasteiger partial charge in [-0.25, -0.2) is 9.37 Å². The first-order valence-electron chi connectivity index (χ1n) is 7.27. The van der Waals surface area contributed by atoms with E-state index in [0.717, 1.165) is 11.8 Å². The average molecular weight is 365 g/mol. The average Bonchev–Trinajstić information content (AvgIpc) is 2.56. The molecule has 1 atom stereocenters. The monoisotopic (exact) mass is 365 g/mol. The number of nitrogens with zero attached hydrogens (tertiary/aromatic N) is 1. The van der Waals surface area contributed by atoms with Crippen LogP contribution in [0.2, 0.25) is 0 Å². The smallest absolute Gasteiger partial charge is 0.311 e. The molecule has 0 bridgehead atoms. The summed E-state index contributed by atoms with van der Waals surface area (Å²) >= 11 is 1.03. The Morgan fingerprint density at radius 3 is 2.68 bits per heavy atom. The van der Waals surface area contributed by atoms with Crippen LogP contribution < -0.4 is 10.9 Å². The fourth-order valence-electron chi connectivity index (χ4n) is 1.85. The van der Waals surface area contributed by atoms with Crippen LogP contribution in [0.25, 0.3) is 0 Å². The number of hydrogen-bond donors (Lipinski definition) is 2. The van der Waals surface area contributed by atoms with Gasteiger partial charge in [-0.05, 0) is 31.2 Å². The number of carbonyl (C=O) groups is 2. The molecule has 1 aromatic carbocycles. The largest absolute Gasteiger partial charge is 0.469 e. The zero-order chi connectivity index (χ0) is 18.4. The number of aromatic nitrogens is 2. The number of aromatic amines is 1. The number of carbonyl (C=O) groups excluding carboxylic acids is 2. The van der Waals surface area contributed by atoms with E-state index in [1.54, 1.807) is 6.92 Å². The van der Waals surface area contributed by atoms with Gasteiger partial charge < -0.3 is 15.0 Å². The lowest BCUT2D eigenvalue weighted by Gasteiger charge is -2.11. The first-order valence-corrected chi connectivity index (χ1v) is 8.15. The van der Waals surface area contributed by atoms with E-state index in [4.69, 9.17) is 0 Å². The van der Waals surface area contributed by atoms with Gasteiger partial charge in [-0.3, -0.25) is 14.4 Å². The molecule has 0 radical (unpaired) electrons. The fraction of sp³-hybridized carbons (Fsp3) is 0.250. The summed E-state index contributed by atoms with van der Waals surface area (Å²) in [5, 5.41) is 2.27. The quantitative estimate of drug-likeness (QED) is 0.459. The van der Waals surface area contributed by atoms with Crippen LogP contribution in [-0.2, 0) is 20.7 Å². The second-order valence-corrected chi connectivity index (χ2v) is 6.38. The van der Waals surface area contributed by atoms with Crippen molar-refractivity contribution in [2.45, 2.75) is 23.8 Å². The third-order valence-corrected chi connectivity index (χ3v) is 4.08. The minimum Gasteiger partial charge on any atom is -0.469 e. The van der Waals surface area contributed by atoms with Crippen molar-refractivity contribution in [2.75, 3.05) is 12.4 Å². The Labute approximate surface area is 147 Å². The molecule has 132 valence electrons. The molecule has 0 fully saturated rings. The topological polar surface area (TPSA) is 101 Å². The summed E-state index contributed by atoms with van der Waals surface area (Å²) < 4.78 is 17.4. The van der Waals surface area contributed by atoms with E-state index < -0.39 is 22.6 Å². The van der Waals surface area contributed by atoms with Gasteiger partial charge in [-0.2, -0.15) is 0 Å². The van der Waals surface area contributed by atoms with E-state index in [-0.39, 0.29) is 23.2 Å². The fourth-order valence-corrected chi connectivity index (χ4v) is 2.68. The Bertz CT molecular complexity index is 823. The molecule has 9 heteroatoms. The Kier molecular flexibility index (Phi) is 6.29. The van der Waals surface area contributed by atoms with Crippen LogP contribution in [0.4, 0.5) is 10.1 Å². The van der Waals surface area contributed by atoms with Crippen LogP contribution in [0, 0.1) is 5.82 Å². The van der Waals surface area contributed by atoms with Gasteiger partial charge in [-0.15, -0.1) is 0 Å². The maximum absolute atomic E-state index is 12.9. The molecule has 2 aromatic rings. The number of amides is 1. The highest BCUT2D eigenvalue weighted by molar-refractivity contribution is 8.00. The predicted octanol–water partition coefficient (Wildman–Crippen LogP) is 1.74. The van der Waals surface area contributed by atoms with Gasteiger partial charge in [0.2, 0.25) is 5.91 Å². The van der Waals surface area contributed by atoms with Crippen molar-refractivity contribution >= 4 is 29.3 Å². The summed E-state index contributed by atoms with van der Waals surface area (Å²) in [5.74, 6) is -1.25. The first-order chi connectivity index (χ1) is 11.9. The third kappa shape index (κ3) is 5.71. The molecular weight excluding hydrogens is 349 g/mol. The maximum Gasteiger partial charge on any atom is 0.311 e. The molecule has 2 rings (SSSR count). The summed E-state index contributed by atoms with van der Waals surface area (Å²) in [4.78, 5) is 41.8. The van der Waals surface area contributed by atoms with E-state index >= 15 is 0 Å². The minimum absolute atomic E-state index is 0.135. The second-order valence-electron chi connectivity index (χ2n) is 5.05. The lowest BCUT2D eigenvalue weighted by molar-refractivity contribution is -0.139. The molecular formula is C16H16FN3O4S. The van der Waals surface area contributed by atoms with Gasteiger partial charge in [0.25, 0.3) is 5.56 Å². The maximum atomic E-state index is 12.9. The van der Waals surface area contributed by atoms with Crippen molar-refractivity contribution in [3.8, 4) is 0 Å². The minimum atomic E-state index is -0.582. The number of halogens is 1. The molecule has 0 aliphatic heterocycles. The summed E-state index contributed by atoms with van der Waals surface area (Å²) in [6.07, 6.45) is -0.135. The third-order valence-electron chi connectivity index (χ3n) is 3.10. The highest BCUT2D eigenvalue weighted by Gasteiger charge is 2.17. The second kappa shape index (κ2) is 8.43. The summed E-state index contributed by atoms with van der Waals surface area (Å²) in [5.41, 5.74) is 0.284. The first kappa shape index (κ1) is 18.7. The number of esters is 1. The number of rotatable bonds is 6. The van der Waals surface area contributed by atoms with Crippen molar-refractivity contribution in [3.63, 3.8) is 0 Å². The molecule has 0 saturated heterocycles. The van der Waals surface area contributed by atoms with Crippen LogP contribution in [0.1, 0.15) is 12.6 Å². The van der Waals surface area contributed by atoms with Gasteiger partial charge in [0.15, 0.2) is 5.16 Å². The van der Waals surface area contributed by atoms with Crippen LogP contribution in [-0.4, -0.2) is 34.2 Å². The van der Waals surface area contributed by atoms with Gasteiger partial charge in [0, 0.05) is 11.8 Å². The van der Waals surface area contributed by atoms with Crippen molar-refractivity contribution in [2.24, 2.45) is 0 Å². The predicted molar refractivity (Wildman–Crippen MR) is 90.9 cm³/mol. The molecule has 1 aromatic heterocycles. The normalized spacial score (nSPS) is 11.6. The van der Waals surface area contributed by atoms with E-state index in [1.807, 2.05) is 0 Å². The Balaban J connectivity index is 2.04. The van der Waals surface area contributed by atoms with Crippen LogP contribution in [0.15, 0.2) is 40.3 Å². The molecule has 1 amide bonds. The number of hydrogen-bond acceptors (Lipinski definition) is 6. The van der Waals surface area contributed by atoms with Gasteiger partial charge in [0.1, 0.15) is 5.82 Å². The van der Waals surface area contributed by atoms with Gasteiger partial charge in [0.05, 0.1) is 24.5 Å². The number of benzene rings is 1. The zero-order valence-electron chi connectivity index (χ0n) is 13.5. The van der Waals surface area contributed by atoms with E-state index in [0.29, 0.717) is 5.69 Å². The van der Waals surface area contributed by atoms with Crippen molar-refractivity contribution in [1.82, 2.24) is 9.97 Å². The SMILES string of the molecule is COC(=O)Cc1cc(=O)[nH]c(SC(C)C(=O)Nc2ccc(F)cc2)n1. The molecule has 0 aliphatic rings. The highest BCUT2D eigenvalue weighted by atomic mass is 32.2. The van der Waals surface area contributed by atoms with Crippen molar-refractivity contribution in [1.29, 1.82) is 0 Å². The van der Waals surface area contributed by atoms with E-state index in [9.17, 15) is 18.8 Å². The number of ether oxygens (including phenoxy) is 1. The Morgan fingerprint density at radius 2 is 2.04 bits per heavy atom. The van der Waals surface area contributed by atoms with Crippen molar-refractivity contribution < 1.29 is 18.7 Å². The number of nitrogens with one attached hydrogen (secondary N) is 2. The number of methoxy groups -OCH3 is 1. The van der Waals surface area contributed by atoms with Crippen LogP contribution >= 0.6 is 11.8 Å². The van der Waals surface area contributed by atoms with E-state index in [2.05, 4.69) is 20.0 Å². The molecule has 2 N–H and O–H groups in total. The highest BCUT2D eigenvalue weighted by Crippen LogP contribution is 2.20. The van der Waals surface area contributed by atoms with Crippen LogP contribution in [0.5, 0.6) is 0 Å². The van der Waals surface area contributed by atoms with Gasteiger partial charge >= 0.3 is 5.97 Å².